The molecular weight excluding hydrogens is 394 g/mol. The number of rotatable bonds is 3. The largest absolute Gasteiger partial charge is 0.475 e. The van der Waals surface area contributed by atoms with Crippen molar-refractivity contribution in [2.24, 2.45) is 5.92 Å². The van der Waals surface area contributed by atoms with Gasteiger partial charge in [0, 0.05) is 71.7 Å². The lowest BCUT2D eigenvalue weighted by molar-refractivity contribution is 0.0500. The smallest absolute Gasteiger partial charge is 0.152 e. The molecule has 0 amide bonds. The lowest BCUT2D eigenvalue weighted by Crippen LogP contribution is -2.40. The summed E-state index contributed by atoms with van der Waals surface area (Å²) in [6.07, 6.45) is 8.46. The third-order valence-electron chi connectivity index (χ3n) is 7.16. The summed E-state index contributed by atoms with van der Waals surface area (Å²) in [6.45, 7) is 6.74. The van der Waals surface area contributed by atoms with E-state index < -0.39 is 10.8 Å². The Kier molecular flexibility index (Phi) is 6.07. The molecule has 2 unspecified atom stereocenters. The maximum absolute atomic E-state index is 11.7. The van der Waals surface area contributed by atoms with E-state index in [4.69, 9.17) is 9.72 Å². The predicted octanol–water partition coefficient (Wildman–Crippen LogP) is 3.92. The summed E-state index contributed by atoms with van der Waals surface area (Å²) in [6, 6.07) is 7.17. The fraction of sp³-hybridized carbons (Fsp3) is 0.625. The highest BCUT2D eigenvalue weighted by Gasteiger charge is 2.29. The highest BCUT2D eigenvalue weighted by molar-refractivity contribution is 7.85. The van der Waals surface area contributed by atoms with Gasteiger partial charge in [-0.05, 0) is 42.9 Å². The number of hydrogen-bond acceptors (Lipinski definition) is 5. The van der Waals surface area contributed by atoms with Gasteiger partial charge in [0.25, 0.3) is 0 Å². The number of aromatic nitrogens is 1. The van der Waals surface area contributed by atoms with Crippen LogP contribution in [0.4, 0.5) is 0 Å². The van der Waals surface area contributed by atoms with Crippen molar-refractivity contribution in [1.82, 2.24) is 14.8 Å². The van der Waals surface area contributed by atoms with Gasteiger partial charge in [-0.1, -0.05) is 25.8 Å². The van der Waals surface area contributed by atoms with E-state index in [0.29, 0.717) is 12.8 Å². The number of nitrogens with zero attached hydrogens (tertiary/aromatic N) is 3. The van der Waals surface area contributed by atoms with Gasteiger partial charge in [0.1, 0.15) is 12.2 Å². The van der Waals surface area contributed by atoms with Gasteiger partial charge in [0.05, 0.1) is 0 Å². The van der Waals surface area contributed by atoms with Gasteiger partial charge in [-0.2, -0.15) is 0 Å². The highest BCUT2D eigenvalue weighted by Crippen LogP contribution is 2.37. The van der Waals surface area contributed by atoms with Gasteiger partial charge >= 0.3 is 0 Å². The molecule has 3 aliphatic rings. The fourth-order valence-corrected chi connectivity index (χ4v) is 6.44. The van der Waals surface area contributed by atoms with Crippen molar-refractivity contribution in [2.75, 3.05) is 31.3 Å². The van der Waals surface area contributed by atoms with Gasteiger partial charge in [0.15, 0.2) is 5.75 Å². The average molecular weight is 428 g/mol. The zero-order valence-corrected chi connectivity index (χ0v) is 18.8. The third kappa shape index (κ3) is 4.27. The first-order valence-electron chi connectivity index (χ1n) is 11.5. The van der Waals surface area contributed by atoms with E-state index in [1.54, 1.807) is 0 Å². The summed E-state index contributed by atoms with van der Waals surface area (Å²) in [7, 11) is -0.640. The zero-order chi connectivity index (χ0) is 20.5. The molecule has 1 aromatic heterocycles. The summed E-state index contributed by atoms with van der Waals surface area (Å²) in [5.74, 6) is 3.41. The topological polar surface area (TPSA) is 45.7 Å². The Balaban J connectivity index is 1.42. The van der Waals surface area contributed by atoms with Crippen molar-refractivity contribution < 1.29 is 8.95 Å². The highest BCUT2D eigenvalue weighted by atomic mass is 32.2. The Labute approximate surface area is 182 Å². The van der Waals surface area contributed by atoms with Gasteiger partial charge < -0.3 is 4.74 Å². The molecule has 0 bridgehead atoms. The van der Waals surface area contributed by atoms with Crippen molar-refractivity contribution in [3.05, 3.63) is 35.5 Å². The van der Waals surface area contributed by atoms with Crippen LogP contribution in [0.15, 0.2) is 24.4 Å². The monoisotopic (exact) mass is 427 g/mol. The van der Waals surface area contributed by atoms with Crippen LogP contribution in [0, 0.1) is 5.92 Å². The van der Waals surface area contributed by atoms with Crippen LogP contribution in [-0.4, -0.2) is 56.4 Å². The molecule has 1 saturated heterocycles. The van der Waals surface area contributed by atoms with Crippen LogP contribution in [0.25, 0.3) is 10.9 Å². The predicted molar refractivity (Wildman–Crippen MR) is 122 cm³/mol. The molecule has 30 heavy (non-hydrogen) atoms. The van der Waals surface area contributed by atoms with E-state index in [-0.39, 0.29) is 0 Å². The molecule has 2 aliphatic heterocycles. The van der Waals surface area contributed by atoms with Crippen molar-refractivity contribution in [2.45, 2.75) is 58.2 Å². The lowest BCUT2D eigenvalue weighted by atomic mass is 9.99. The second kappa shape index (κ2) is 8.93. The molecular formula is C24H33N3O2S. The second-order valence-corrected chi connectivity index (χ2v) is 11.0. The van der Waals surface area contributed by atoms with Crippen molar-refractivity contribution >= 4 is 21.7 Å². The minimum Gasteiger partial charge on any atom is -0.475 e. The summed E-state index contributed by atoms with van der Waals surface area (Å²) in [4.78, 5) is 9.69. The van der Waals surface area contributed by atoms with Crippen LogP contribution in [0.5, 0.6) is 5.75 Å². The van der Waals surface area contributed by atoms with Crippen LogP contribution >= 0.6 is 0 Å². The van der Waals surface area contributed by atoms with Gasteiger partial charge in [-0.3, -0.25) is 19.0 Å². The molecule has 6 heteroatoms. The van der Waals surface area contributed by atoms with Gasteiger partial charge in [0.2, 0.25) is 0 Å². The molecule has 2 fully saturated rings. The Morgan fingerprint density at radius 1 is 1.20 bits per heavy atom. The normalized spacial score (nSPS) is 26.8. The van der Waals surface area contributed by atoms with E-state index in [1.807, 2.05) is 12.3 Å². The molecule has 2 atom stereocenters. The van der Waals surface area contributed by atoms with Gasteiger partial charge in [-0.25, -0.2) is 0 Å². The quantitative estimate of drug-likeness (QED) is 0.695. The minimum atomic E-state index is -0.640. The molecule has 5 nitrogen and oxygen atoms in total. The maximum atomic E-state index is 11.7. The lowest BCUT2D eigenvalue weighted by Gasteiger charge is -2.36. The Morgan fingerprint density at radius 2 is 2.07 bits per heavy atom. The first kappa shape index (κ1) is 20.4. The van der Waals surface area contributed by atoms with Crippen molar-refractivity contribution in [3.63, 3.8) is 0 Å². The molecule has 5 rings (SSSR count). The molecule has 1 aliphatic carbocycles. The molecule has 1 aromatic carbocycles. The van der Waals surface area contributed by atoms with Crippen LogP contribution < -0.4 is 4.74 Å². The molecule has 0 spiro atoms. The summed E-state index contributed by atoms with van der Waals surface area (Å²) in [5.41, 5.74) is 3.60. The Morgan fingerprint density at radius 3 is 2.93 bits per heavy atom. The fourth-order valence-electron chi connectivity index (χ4n) is 5.31. The van der Waals surface area contributed by atoms with Crippen molar-refractivity contribution in [3.8, 4) is 5.75 Å². The molecule has 2 aromatic rings. The van der Waals surface area contributed by atoms with E-state index in [2.05, 4.69) is 28.9 Å². The third-order valence-corrected chi connectivity index (χ3v) is 8.44. The number of pyridine rings is 1. The number of hydrogen-bond donors (Lipinski definition) is 0. The van der Waals surface area contributed by atoms with E-state index >= 15 is 0 Å². The molecule has 0 radical (unpaired) electrons. The zero-order valence-electron chi connectivity index (χ0n) is 18.0. The van der Waals surface area contributed by atoms with Crippen LogP contribution in [0.1, 0.15) is 50.2 Å². The number of ether oxygens (including phenoxy) is 1. The average Bonchev–Trinajstić information content (AvgIpc) is 2.99. The summed E-state index contributed by atoms with van der Waals surface area (Å²) < 4.78 is 18.1. The minimum absolute atomic E-state index is 0.628. The molecule has 0 N–H and O–H groups in total. The van der Waals surface area contributed by atoms with Gasteiger partial charge in [-0.15, -0.1) is 0 Å². The maximum Gasteiger partial charge on any atom is 0.152 e. The van der Waals surface area contributed by atoms with Crippen molar-refractivity contribution in [1.29, 1.82) is 0 Å². The first-order valence-corrected chi connectivity index (χ1v) is 13.0. The van der Waals surface area contributed by atoms with Crippen LogP contribution in [0.3, 0.4) is 0 Å². The molecule has 162 valence electrons. The van der Waals surface area contributed by atoms with Crippen LogP contribution in [-0.2, 0) is 23.9 Å². The van der Waals surface area contributed by atoms with Crippen LogP contribution in [0.2, 0.25) is 0 Å². The standard InChI is InChI=1S/C24H33N3O2S/c1-18-4-2-5-21(8-7-18)27-16-20-14-19(15-26-10-12-30(28)13-11-26)22-6-3-9-25-23(22)24(20)29-17-27/h3,6,9,14,18,21H,2,4-5,7-8,10-13,15-17H2,1H3. The van der Waals surface area contributed by atoms with E-state index in [0.717, 1.165) is 54.9 Å². The Hall–Kier alpha value is -1.50. The SMILES string of the molecule is CC1CCCC(N2COc3c(cc(CN4CCS(=O)CC4)c4cccnc34)C2)CC1. The molecule has 1 saturated carbocycles. The number of benzene rings is 1. The Bertz CT molecular complexity index is 924. The summed E-state index contributed by atoms with van der Waals surface area (Å²) in [5, 5.41) is 1.19. The number of fused-ring (bicyclic) bond motifs is 3. The van der Waals surface area contributed by atoms with E-state index in [9.17, 15) is 4.21 Å². The van der Waals surface area contributed by atoms with E-state index in [1.165, 1.54) is 48.6 Å². The second-order valence-electron chi connectivity index (χ2n) is 9.34. The first-order chi connectivity index (χ1) is 14.7. The molecule has 3 heterocycles. The summed E-state index contributed by atoms with van der Waals surface area (Å²) >= 11 is 0.